The lowest BCUT2D eigenvalue weighted by Crippen LogP contribution is -2.48. The Morgan fingerprint density at radius 2 is 0.759 bits per heavy atom. The van der Waals surface area contributed by atoms with E-state index in [1.54, 1.807) is 6.08 Å². The Hall–Kier alpha value is -1.17. The number of unbranched alkanes of at least 4 members (excludes halogenated alkanes) is 34. The molecule has 0 heterocycles. The highest BCUT2D eigenvalue weighted by molar-refractivity contribution is 5.80. The summed E-state index contributed by atoms with van der Waals surface area (Å²) in [5.41, 5.74) is 0. The van der Waals surface area contributed by atoms with E-state index >= 15 is 0 Å². The van der Waals surface area contributed by atoms with Crippen molar-refractivity contribution in [2.45, 2.75) is 276 Å². The van der Waals surface area contributed by atoms with Gasteiger partial charge in [0.15, 0.2) is 0 Å². The molecule has 320 valence electrons. The average molecular weight is 762 g/mol. The van der Waals surface area contributed by atoms with Crippen LogP contribution in [0.15, 0.2) is 24.3 Å². The smallest absolute Gasteiger partial charge is 0.249 e. The van der Waals surface area contributed by atoms with E-state index in [4.69, 9.17) is 0 Å². The zero-order chi connectivity index (χ0) is 39.4. The van der Waals surface area contributed by atoms with Crippen molar-refractivity contribution in [1.29, 1.82) is 0 Å². The van der Waals surface area contributed by atoms with Crippen molar-refractivity contribution < 1.29 is 20.1 Å². The third kappa shape index (κ3) is 39.1. The van der Waals surface area contributed by atoms with Gasteiger partial charge >= 0.3 is 0 Å². The average Bonchev–Trinajstić information content (AvgIpc) is 3.18. The van der Waals surface area contributed by atoms with Gasteiger partial charge in [-0.05, 0) is 32.1 Å². The minimum absolute atomic E-state index is 0.373. The number of aliphatic hydroxyl groups excluding tert-OH is 3. The Balaban J connectivity index is 3.59. The summed E-state index contributed by atoms with van der Waals surface area (Å²) in [7, 11) is 0. The fourth-order valence-corrected chi connectivity index (χ4v) is 7.50. The summed E-state index contributed by atoms with van der Waals surface area (Å²) in [6, 6.07) is -0.811. The van der Waals surface area contributed by atoms with Gasteiger partial charge in [0.25, 0.3) is 0 Å². The van der Waals surface area contributed by atoms with Crippen LogP contribution in [0.4, 0.5) is 0 Å². The van der Waals surface area contributed by atoms with E-state index in [0.29, 0.717) is 6.42 Å². The summed E-state index contributed by atoms with van der Waals surface area (Å²) in [4.78, 5) is 12.5. The first-order valence-corrected chi connectivity index (χ1v) is 24.2. The second kappa shape index (κ2) is 44.5. The van der Waals surface area contributed by atoms with Gasteiger partial charge in [0, 0.05) is 0 Å². The quantitative estimate of drug-likeness (QED) is 0.0368. The standard InChI is InChI=1S/C49H95NO4/c1-3-5-7-9-11-13-15-17-19-20-21-22-23-24-25-26-27-28-30-32-34-36-38-40-42-44-48(53)49(54)50-46(45-51)47(52)43-41-39-37-35-33-31-29-18-16-14-12-10-8-6-4-2/h33,35,41,43,46-48,51-53H,3-32,34,36-40,42,44-45H2,1-2H3,(H,50,54)/b35-33+,43-41+. The maximum atomic E-state index is 12.5. The summed E-state index contributed by atoms with van der Waals surface area (Å²) in [6.45, 7) is 4.18. The van der Waals surface area contributed by atoms with Crippen LogP contribution < -0.4 is 5.32 Å². The predicted molar refractivity (Wildman–Crippen MR) is 236 cm³/mol. The molecule has 0 bridgehead atoms. The van der Waals surface area contributed by atoms with Crippen molar-refractivity contribution in [3.8, 4) is 0 Å². The molecule has 5 nitrogen and oxygen atoms in total. The fraction of sp³-hybridized carbons (Fsp3) is 0.898. The molecule has 0 rings (SSSR count). The third-order valence-corrected chi connectivity index (χ3v) is 11.3. The second-order valence-corrected chi connectivity index (χ2v) is 16.7. The molecule has 0 saturated heterocycles. The van der Waals surface area contributed by atoms with Gasteiger partial charge in [-0.25, -0.2) is 0 Å². The lowest BCUT2D eigenvalue weighted by Gasteiger charge is -2.21. The lowest BCUT2D eigenvalue weighted by atomic mass is 10.0. The van der Waals surface area contributed by atoms with E-state index in [-0.39, 0.29) is 6.61 Å². The molecule has 0 fully saturated rings. The van der Waals surface area contributed by atoms with Crippen LogP contribution >= 0.6 is 0 Å². The first kappa shape index (κ1) is 52.8. The number of carbonyl (C=O) groups excluding carboxylic acids is 1. The Morgan fingerprint density at radius 3 is 1.13 bits per heavy atom. The zero-order valence-electron chi connectivity index (χ0n) is 36.4. The molecule has 0 aromatic heterocycles. The Labute approximate surface area is 337 Å². The molecule has 0 aliphatic carbocycles. The molecule has 4 N–H and O–H groups in total. The van der Waals surface area contributed by atoms with E-state index in [9.17, 15) is 20.1 Å². The number of amides is 1. The van der Waals surface area contributed by atoms with Gasteiger partial charge in [-0.1, -0.05) is 250 Å². The first-order chi connectivity index (χ1) is 26.6. The van der Waals surface area contributed by atoms with Gasteiger partial charge in [-0.15, -0.1) is 0 Å². The molecule has 0 radical (unpaired) electrons. The molecule has 0 aromatic rings. The number of hydrogen-bond acceptors (Lipinski definition) is 4. The van der Waals surface area contributed by atoms with Crippen molar-refractivity contribution in [2.75, 3.05) is 6.61 Å². The molecular weight excluding hydrogens is 667 g/mol. The zero-order valence-corrected chi connectivity index (χ0v) is 36.4. The van der Waals surface area contributed by atoms with Gasteiger partial charge in [-0.2, -0.15) is 0 Å². The Kier molecular flexibility index (Phi) is 43.6. The number of allylic oxidation sites excluding steroid dienone is 3. The normalized spacial score (nSPS) is 13.6. The number of rotatable bonds is 44. The Bertz CT molecular complexity index is 799. The van der Waals surface area contributed by atoms with E-state index in [1.165, 1.54) is 199 Å². The van der Waals surface area contributed by atoms with E-state index < -0.39 is 24.2 Å². The SMILES string of the molecule is CCCCCCCCCCC/C=C/CC/C=C/C(O)C(CO)NC(=O)C(O)CCCCCCCCCCCCCCCCCCCCCCCCCCC. The molecule has 0 aliphatic rings. The van der Waals surface area contributed by atoms with E-state index in [0.717, 1.165) is 38.5 Å². The van der Waals surface area contributed by atoms with E-state index in [1.807, 2.05) is 6.08 Å². The maximum absolute atomic E-state index is 12.5. The van der Waals surface area contributed by atoms with Crippen LogP contribution in [0.1, 0.15) is 258 Å². The summed E-state index contributed by atoms with van der Waals surface area (Å²) in [5, 5.41) is 33.2. The minimum atomic E-state index is -1.10. The first-order valence-electron chi connectivity index (χ1n) is 24.2. The summed E-state index contributed by atoms with van der Waals surface area (Å²) >= 11 is 0. The highest BCUT2D eigenvalue weighted by atomic mass is 16.3. The molecule has 3 atom stereocenters. The molecule has 1 amide bonds. The van der Waals surface area contributed by atoms with Crippen molar-refractivity contribution in [1.82, 2.24) is 5.32 Å². The van der Waals surface area contributed by atoms with Gasteiger partial charge in [0.1, 0.15) is 6.10 Å². The minimum Gasteiger partial charge on any atom is -0.394 e. The molecule has 0 saturated carbocycles. The molecule has 0 aliphatic heterocycles. The summed E-state index contributed by atoms with van der Waals surface area (Å²) in [6.07, 6.45) is 55.2. The van der Waals surface area contributed by atoms with Crippen LogP contribution in [0, 0.1) is 0 Å². The largest absolute Gasteiger partial charge is 0.394 e. The third-order valence-electron chi connectivity index (χ3n) is 11.3. The maximum Gasteiger partial charge on any atom is 0.249 e. The van der Waals surface area contributed by atoms with Gasteiger partial charge < -0.3 is 20.6 Å². The van der Waals surface area contributed by atoms with Gasteiger partial charge in [-0.3, -0.25) is 4.79 Å². The topological polar surface area (TPSA) is 89.8 Å². The van der Waals surface area contributed by atoms with Crippen LogP contribution in [-0.2, 0) is 4.79 Å². The summed E-state index contributed by atoms with van der Waals surface area (Å²) in [5.74, 6) is -0.509. The van der Waals surface area contributed by atoms with Crippen LogP contribution in [0.3, 0.4) is 0 Å². The van der Waals surface area contributed by atoms with Crippen LogP contribution in [-0.4, -0.2) is 46.1 Å². The molecule has 0 aromatic carbocycles. The monoisotopic (exact) mass is 762 g/mol. The van der Waals surface area contributed by atoms with Crippen molar-refractivity contribution in [3.05, 3.63) is 24.3 Å². The van der Waals surface area contributed by atoms with Crippen LogP contribution in [0.25, 0.3) is 0 Å². The lowest BCUT2D eigenvalue weighted by molar-refractivity contribution is -0.131. The van der Waals surface area contributed by atoms with Crippen molar-refractivity contribution >= 4 is 5.91 Å². The van der Waals surface area contributed by atoms with Crippen LogP contribution in [0.2, 0.25) is 0 Å². The second-order valence-electron chi connectivity index (χ2n) is 16.7. The number of aliphatic hydroxyl groups is 3. The van der Waals surface area contributed by atoms with Crippen LogP contribution in [0.5, 0.6) is 0 Å². The number of hydrogen-bond donors (Lipinski definition) is 4. The molecule has 5 heteroatoms. The molecular formula is C49H95NO4. The molecule has 0 spiro atoms. The van der Waals surface area contributed by atoms with Crippen molar-refractivity contribution in [3.63, 3.8) is 0 Å². The number of carbonyl (C=O) groups is 1. The highest BCUT2D eigenvalue weighted by Gasteiger charge is 2.22. The fourth-order valence-electron chi connectivity index (χ4n) is 7.50. The molecule has 54 heavy (non-hydrogen) atoms. The molecule has 3 unspecified atom stereocenters. The predicted octanol–water partition coefficient (Wildman–Crippen LogP) is 14.2. The van der Waals surface area contributed by atoms with Gasteiger partial charge in [0.05, 0.1) is 18.8 Å². The number of nitrogens with one attached hydrogen (secondary N) is 1. The summed E-state index contributed by atoms with van der Waals surface area (Å²) < 4.78 is 0. The Morgan fingerprint density at radius 1 is 0.444 bits per heavy atom. The van der Waals surface area contributed by atoms with E-state index in [2.05, 4.69) is 31.3 Å². The highest BCUT2D eigenvalue weighted by Crippen LogP contribution is 2.17. The van der Waals surface area contributed by atoms with Crippen molar-refractivity contribution in [2.24, 2.45) is 0 Å². The van der Waals surface area contributed by atoms with Gasteiger partial charge in [0.2, 0.25) is 5.91 Å².